The highest BCUT2D eigenvalue weighted by molar-refractivity contribution is 7.92. The molecule has 0 bridgehead atoms. The van der Waals surface area contributed by atoms with Crippen LogP contribution in [0.5, 0.6) is 5.75 Å². The van der Waals surface area contributed by atoms with Crippen molar-refractivity contribution in [2.24, 2.45) is 0 Å². The number of benzene rings is 3. The van der Waals surface area contributed by atoms with E-state index in [0.717, 1.165) is 5.39 Å². The average molecular weight is 448 g/mol. The van der Waals surface area contributed by atoms with Gasteiger partial charge in [-0.1, -0.05) is 42.5 Å². The van der Waals surface area contributed by atoms with Gasteiger partial charge in [0.25, 0.3) is 15.9 Å². The third kappa shape index (κ3) is 4.40. The van der Waals surface area contributed by atoms with Gasteiger partial charge in [-0.25, -0.2) is 13.4 Å². The van der Waals surface area contributed by atoms with Gasteiger partial charge in [-0.05, 0) is 48.9 Å². The SMILES string of the molecule is COc1ccccc1NS(=O)(=O)c1cc(NC(=O)c2ccc3ccccc3n2)ccc1C. The van der Waals surface area contributed by atoms with Crippen molar-refractivity contribution in [2.45, 2.75) is 11.8 Å². The Bertz CT molecular complexity index is 1420. The maximum absolute atomic E-state index is 13.1. The lowest BCUT2D eigenvalue weighted by molar-refractivity contribution is 0.102. The van der Waals surface area contributed by atoms with Crippen molar-refractivity contribution in [1.82, 2.24) is 4.98 Å². The molecule has 1 heterocycles. The van der Waals surface area contributed by atoms with Crippen LogP contribution in [-0.4, -0.2) is 26.4 Å². The number of hydrogen-bond acceptors (Lipinski definition) is 5. The fourth-order valence-corrected chi connectivity index (χ4v) is 4.63. The van der Waals surface area contributed by atoms with Crippen LogP contribution in [0.1, 0.15) is 16.1 Å². The highest BCUT2D eigenvalue weighted by Gasteiger charge is 2.20. The monoisotopic (exact) mass is 447 g/mol. The molecule has 162 valence electrons. The molecule has 4 rings (SSSR count). The zero-order chi connectivity index (χ0) is 22.7. The number of fused-ring (bicyclic) bond motifs is 1. The largest absolute Gasteiger partial charge is 0.495 e. The van der Waals surface area contributed by atoms with Crippen LogP contribution in [0.25, 0.3) is 10.9 Å². The first-order chi connectivity index (χ1) is 15.4. The first-order valence-electron chi connectivity index (χ1n) is 9.81. The number of hydrogen-bond donors (Lipinski definition) is 2. The number of rotatable bonds is 6. The molecule has 0 aliphatic carbocycles. The van der Waals surface area contributed by atoms with E-state index in [4.69, 9.17) is 4.74 Å². The van der Waals surface area contributed by atoms with Crippen molar-refractivity contribution in [3.05, 3.63) is 90.1 Å². The molecule has 0 atom stereocenters. The Hall–Kier alpha value is -3.91. The molecule has 32 heavy (non-hydrogen) atoms. The third-order valence-electron chi connectivity index (χ3n) is 4.92. The number of carbonyl (C=O) groups is 1. The number of nitrogens with zero attached hydrogens (tertiary/aromatic N) is 1. The molecule has 0 spiro atoms. The van der Waals surface area contributed by atoms with Crippen molar-refractivity contribution in [3.63, 3.8) is 0 Å². The van der Waals surface area contributed by atoms with Crippen LogP contribution < -0.4 is 14.8 Å². The Labute approximate surface area is 186 Å². The van der Waals surface area contributed by atoms with E-state index < -0.39 is 15.9 Å². The zero-order valence-corrected chi connectivity index (χ0v) is 18.3. The number of para-hydroxylation sites is 3. The molecule has 0 radical (unpaired) electrons. The Balaban J connectivity index is 1.61. The second-order valence-electron chi connectivity index (χ2n) is 7.13. The van der Waals surface area contributed by atoms with Crippen LogP contribution in [0.2, 0.25) is 0 Å². The highest BCUT2D eigenvalue weighted by Crippen LogP contribution is 2.28. The number of pyridine rings is 1. The maximum Gasteiger partial charge on any atom is 0.274 e. The van der Waals surface area contributed by atoms with E-state index in [1.54, 1.807) is 49.4 Å². The van der Waals surface area contributed by atoms with Crippen LogP contribution in [0.3, 0.4) is 0 Å². The molecule has 0 aliphatic heterocycles. The van der Waals surface area contributed by atoms with E-state index in [1.807, 2.05) is 30.3 Å². The Morgan fingerprint density at radius 1 is 0.938 bits per heavy atom. The lowest BCUT2D eigenvalue weighted by Gasteiger charge is -2.14. The zero-order valence-electron chi connectivity index (χ0n) is 17.5. The van der Waals surface area contributed by atoms with Gasteiger partial charge in [-0.2, -0.15) is 0 Å². The van der Waals surface area contributed by atoms with E-state index in [1.165, 1.54) is 13.2 Å². The van der Waals surface area contributed by atoms with Crippen LogP contribution in [0.15, 0.2) is 83.8 Å². The van der Waals surface area contributed by atoms with E-state index in [2.05, 4.69) is 15.0 Å². The second-order valence-corrected chi connectivity index (χ2v) is 8.78. The summed E-state index contributed by atoms with van der Waals surface area (Å²) >= 11 is 0. The Kier molecular flexibility index (Phi) is 5.79. The highest BCUT2D eigenvalue weighted by atomic mass is 32.2. The lowest BCUT2D eigenvalue weighted by Crippen LogP contribution is -2.17. The molecular formula is C24H21N3O4S. The number of carbonyl (C=O) groups excluding carboxylic acids is 1. The molecule has 3 aromatic carbocycles. The number of aromatic nitrogens is 1. The molecule has 0 saturated carbocycles. The molecule has 4 aromatic rings. The van der Waals surface area contributed by atoms with Crippen LogP contribution in [0.4, 0.5) is 11.4 Å². The lowest BCUT2D eigenvalue weighted by atomic mass is 10.2. The Morgan fingerprint density at radius 3 is 2.50 bits per heavy atom. The van der Waals surface area contributed by atoms with E-state index >= 15 is 0 Å². The quantitative estimate of drug-likeness (QED) is 0.450. The van der Waals surface area contributed by atoms with Crippen LogP contribution in [-0.2, 0) is 10.0 Å². The number of ether oxygens (including phenoxy) is 1. The summed E-state index contributed by atoms with van der Waals surface area (Å²) in [5.74, 6) is -0.0267. The molecule has 0 saturated heterocycles. The molecule has 1 amide bonds. The van der Waals surface area contributed by atoms with Crippen molar-refractivity contribution in [2.75, 3.05) is 17.1 Å². The summed E-state index contributed by atoms with van der Waals surface area (Å²) in [4.78, 5) is 17.2. The van der Waals surface area contributed by atoms with E-state index in [-0.39, 0.29) is 10.6 Å². The predicted octanol–water partition coefficient (Wildman–Crippen LogP) is 4.60. The summed E-state index contributed by atoms with van der Waals surface area (Å²) in [7, 11) is -2.46. The summed E-state index contributed by atoms with van der Waals surface area (Å²) in [6, 6.07) is 22.4. The number of aryl methyl sites for hydroxylation is 1. The number of nitrogens with one attached hydrogen (secondary N) is 2. The standard InChI is InChI=1S/C24H21N3O4S/c1-16-11-13-18(25-24(28)21-14-12-17-7-3-4-8-19(17)26-21)15-23(16)32(29,30)27-20-9-5-6-10-22(20)31-2/h3-15,27H,1-2H3,(H,25,28). The molecule has 0 aliphatic rings. The van der Waals surface area contributed by atoms with Crippen molar-refractivity contribution < 1.29 is 17.9 Å². The Morgan fingerprint density at radius 2 is 1.69 bits per heavy atom. The van der Waals surface area contributed by atoms with Crippen molar-refractivity contribution >= 4 is 38.2 Å². The van der Waals surface area contributed by atoms with Crippen molar-refractivity contribution in [1.29, 1.82) is 0 Å². The minimum Gasteiger partial charge on any atom is -0.495 e. The molecule has 2 N–H and O–H groups in total. The van der Waals surface area contributed by atoms with Gasteiger partial charge in [0.1, 0.15) is 11.4 Å². The van der Waals surface area contributed by atoms with Gasteiger partial charge in [0, 0.05) is 11.1 Å². The number of sulfonamides is 1. The fraction of sp³-hybridized carbons (Fsp3) is 0.0833. The van der Waals surface area contributed by atoms with Crippen LogP contribution in [0, 0.1) is 6.92 Å². The first kappa shape index (κ1) is 21.3. The summed E-state index contributed by atoms with van der Waals surface area (Å²) < 4.78 is 33.9. The second kappa shape index (κ2) is 8.68. The summed E-state index contributed by atoms with van der Waals surface area (Å²) in [6.07, 6.45) is 0. The van der Waals surface area contributed by atoms with Gasteiger partial charge in [0.15, 0.2) is 0 Å². The first-order valence-corrected chi connectivity index (χ1v) is 11.3. The van der Waals surface area contributed by atoms with Gasteiger partial charge >= 0.3 is 0 Å². The molecule has 0 unspecified atom stereocenters. The van der Waals surface area contributed by atoms with Crippen molar-refractivity contribution in [3.8, 4) is 5.75 Å². The normalized spacial score (nSPS) is 11.2. The summed E-state index contributed by atoms with van der Waals surface area (Å²) in [5, 5.41) is 3.66. The summed E-state index contributed by atoms with van der Waals surface area (Å²) in [5.41, 5.74) is 2.14. The maximum atomic E-state index is 13.1. The fourth-order valence-electron chi connectivity index (χ4n) is 3.28. The van der Waals surface area contributed by atoms with E-state index in [9.17, 15) is 13.2 Å². The molecule has 7 nitrogen and oxygen atoms in total. The van der Waals surface area contributed by atoms with Gasteiger partial charge < -0.3 is 10.1 Å². The predicted molar refractivity (Wildman–Crippen MR) is 125 cm³/mol. The average Bonchev–Trinajstić information content (AvgIpc) is 2.80. The van der Waals surface area contributed by atoms with Gasteiger partial charge in [0.05, 0.1) is 23.2 Å². The van der Waals surface area contributed by atoms with Gasteiger partial charge in [0.2, 0.25) is 0 Å². The molecular weight excluding hydrogens is 426 g/mol. The number of anilines is 2. The van der Waals surface area contributed by atoms with Gasteiger partial charge in [-0.3, -0.25) is 9.52 Å². The topological polar surface area (TPSA) is 97.4 Å². The molecule has 0 fully saturated rings. The molecule has 1 aromatic heterocycles. The minimum absolute atomic E-state index is 0.0488. The van der Waals surface area contributed by atoms with Crippen LogP contribution >= 0.6 is 0 Å². The number of methoxy groups -OCH3 is 1. The van der Waals surface area contributed by atoms with E-state index in [0.29, 0.717) is 28.2 Å². The number of amides is 1. The third-order valence-corrected chi connectivity index (χ3v) is 6.43. The molecule has 8 heteroatoms. The summed E-state index contributed by atoms with van der Waals surface area (Å²) in [6.45, 7) is 1.69. The minimum atomic E-state index is -3.93. The van der Waals surface area contributed by atoms with Gasteiger partial charge in [-0.15, -0.1) is 0 Å². The smallest absolute Gasteiger partial charge is 0.274 e.